The van der Waals surface area contributed by atoms with E-state index in [-0.39, 0.29) is 11.3 Å². The summed E-state index contributed by atoms with van der Waals surface area (Å²) >= 11 is 0. The van der Waals surface area contributed by atoms with Crippen LogP contribution < -0.4 is 15.0 Å². The van der Waals surface area contributed by atoms with Crippen LogP contribution in [0.1, 0.15) is 26.3 Å². The van der Waals surface area contributed by atoms with Crippen molar-refractivity contribution in [2.45, 2.75) is 26.2 Å². The lowest BCUT2D eigenvalue weighted by molar-refractivity contribution is -0.588. The standard InChI is InChI=1S/C19H21N3O/c1-19(2,3)14-9-5-6-10-15(14)20-16-13-18(23)22-12-8-7-11-17(22)21(16)4/h5-13H,1-4H3. The molecule has 0 aliphatic rings. The monoisotopic (exact) mass is 307 g/mol. The Hall–Kier alpha value is -2.62. The second kappa shape index (κ2) is 5.54. The van der Waals surface area contributed by atoms with Crippen LogP contribution >= 0.6 is 0 Å². The van der Waals surface area contributed by atoms with E-state index in [0.717, 1.165) is 16.9 Å². The van der Waals surface area contributed by atoms with E-state index in [1.807, 2.05) is 48.0 Å². The third kappa shape index (κ3) is 2.84. The number of hydrogen-bond acceptors (Lipinski definition) is 2. The summed E-state index contributed by atoms with van der Waals surface area (Å²) in [5.74, 6) is -0.0781. The Balaban J connectivity index is 2.30. The first kappa shape index (κ1) is 15.3. The maximum absolute atomic E-state index is 12.3. The fourth-order valence-electron chi connectivity index (χ4n) is 2.72. The van der Waals surface area contributed by atoms with Crippen LogP contribution in [0, 0.1) is 0 Å². The summed E-state index contributed by atoms with van der Waals surface area (Å²) in [6.07, 6.45) is 1.77. The molecule has 3 rings (SSSR count). The minimum Gasteiger partial charge on any atom is -0.842 e. The third-order valence-corrected chi connectivity index (χ3v) is 3.96. The van der Waals surface area contributed by atoms with E-state index in [9.17, 15) is 5.11 Å². The van der Waals surface area contributed by atoms with Gasteiger partial charge in [-0.3, -0.25) is 0 Å². The van der Waals surface area contributed by atoms with Crippen LogP contribution in [0.2, 0.25) is 0 Å². The average molecular weight is 307 g/mol. The van der Waals surface area contributed by atoms with Crippen molar-refractivity contribution in [3.8, 4) is 5.88 Å². The molecule has 0 radical (unpaired) electrons. The van der Waals surface area contributed by atoms with Crippen molar-refractivity contribution in [1.29, 1.82) is 0 Å². The van der Waals surface area contributed by atoms with Gasteiger partial charge < -0.3 is 5.11 Å². The van der Waals surface area contributed by atoms with E-state index >= 15 is 0 Å². The highest BCUT2D eigenvalue weighted by Gasteiger charge is 2.17. The molecule has 1 aromatic carbocycles. The fourth-order valence-corrected chi connectivity index (χ4v) is 2.72. The number of rotatable bonds is 1. The summed E-state index contributed by atoms with van der Waals surface area (Å²) in [4.78, 5) is 4.77. The van der Waals surface area contributed by atoms with Gasteiger partial charge in [0.1, 0.15) is 0 Å². The van der Waals surface area contributed by atoms with Gasteiger partial charge in [0.15, 0.2) is 0 Å². The Labute approximate surface area is 136 Å². The van der Waals surface area contributed by atoms with Crippen molar-refractivity contribution in [3.05, 3.63) is 65.8 Å². The minimum absolute atomic E-state index is 0.00937. The van der Waals surface area contributed by atoms with Crippen LogP contribution in [0.25, 0.3) is 5.65 Å². The number of fused-ring (bicyclic) bond motifs is 1. The molecule has 0 N–H and O–H groups in total. The predicted octanol–water partition coefficient (Wildman–Crippen LogP) is 2.37. The first-order valence-corrected chi connectivity index (χ1v) is 7.69. The van der Waals surface area contributed by atoms with E-state index in [1.54, 1.807) is 16.7 Å². The zero-order valence-corrected chi connectivity index (χ0v) is 13.9. The van der Waals surface area contributed by atoms with Gasteiger partial charge in [-0.2, -0.15) is 0 Å². The number of benzene rings is 1. The summed E-state index contributed by atoms with van der Waals surface area (Å²) in [5.41, 5.74) is 3.51. The number of nitrogens with zero attached hydrogens (tertiary/aromatic N) is 3. The van der Waals surface area contributed by atoms with Crippen LogP contribution in [-0.2, 0) is 12.5 Å². The lowest BCUT2D eigenvalue weighted by atomic mass is 9.86. The molecule has 2 aromatic heterocycles. The van der Waals surface area contributed by atoms with Gasteiger partial charge in [-0.15, -0.1) is 0 Å². The molecule has 3 aromatic rings. The van der Waals surface area contributed by atoms with E-state index in [4.69, 9.17) is 4.99 Å². The fraction of sp³-hybridized carbons (Fsp3) is 0.263. The molecule has 0 spiro atoms. The zero-order valence-electron chi connectivity index (χ0n) is 13.9. The maximum atomic E-state index is 12.3. The molecule has 4 heteroatoms. The van der Waals surface area contributed by atoms with Crippen molar-refractivity contribution in [3.63, 3.8) is 0 Å². The van der Waals surface area contributed by atoms with Crippen molar-refractivity contribution < 1.29 is 9.51 Å². The second-order valence-electron chi connectivity index (χ2n) is 6.71. The van der Waals surface area contributed by atoms with E-state index in [1.165, 1.54) is 0 Å². The molecule has 0 saturated carbocycles. The Morgan fingerprint density at radius 3 is 2.48 bits per heavy atom. The second-order valence-corrected chi connectivity index (χ2v) is 6.71. The highest BCUT2D eigenvalue weighted by atomic mass is 16.3. The summed E-state index contributed by atoms with van der Waals surface area (Å²) < 4.78 is 3.55. The number of hydrogen-bond donors (Lipinski definition) is 0. The lowest BCUT2D eigenvalue weighted by Gasteiger charge is -2.20. The molecule has 0 saturated heterocycles. The molecule has 0 unspecified atom stereocenters. The topological polar surface area (TPSA) is 44.4 Å². The summed E-state index contributed by atoms with van der Waals surface area (Å²) in [6, 6.07) is 15.3. The molecule has 4 nitrogen and oxygen atoms in total. The molecule has 2 heterocycles. The number of para-hydroxylation sites is 1. The molecule has 0 atom stereocenters. The summed E-state index contributed by atoms with van der Waals surface area (Å²) in [6.45, 7) is 6.49. The zero-order chi connectivity index (χ0) is 16.6. The van der Waals surface area contributed by atoms with Gasteiger partial charge in [0.05, 0.1) is 24.8 Å². The molecule has 23 heavy (non-hydrogen) atoms. The molecule has 0 aliphatic carbocycles. The van der Waals surface area contributed by atoms with E-state index in [0.29, 0.717) is 5.49 Å². The van der Waals surface area contributed by atoms with Crippen LogP contribution in [0.3, 0.4) is 0 Å². The largest absolute Gasteiger partial charge is 0.842 e. The lowest BCUT2D eigenvalue weighted by Crippen LogP contribution is -2.35. The molecule has 0 bridgehead atoms. The van der Waals surface area contributed by atoms with E-state index in [2.05, 4.69) is 26.8 Å². The molecule has 0 aliphatic heterocycles. The van der Waals surface area contributed by atoms with Crippen LogP contribution in [0.5, 0.6) is 5.88 Å². The highest BCUT2D eigenvalue weighted by molar-refractivity contribution is 5.49. The number of pyridine rings is 1. The molecular weight excluding hydrogens is 286 g/mol. The molecule has 0 fully saturated rings. The summed E-state index contributed by atoms with van der Waals surface area (Å²) in [7, 11) is 1.92. The van der Waals surface area contributed by atoms with Gasteiger partial charge in [-0.1, -0.05) is 45.0 Å². The quantitative estimate of drug-likeness (QED) is 0.637. The van der Waals surface area contributed by atoms with Gasteiger partial charge in [-0.25, -0.2) is 14.0 Å². The van der Waals surface area contributed by atoms with Gasteiger partial charge in [0.25, 0.3) is 5.65 Å². The Kier molecular flexibility index (Phi) is 3.68. The number of aryl methyl sites for hydroxylation is 1. The Morgan fingerprint density at radius 1 is 1.04 bits per heavy atom. The molecule has 118 valence electrons. The van der Waals surface area contributed by atoms with Gasteiger partial charge >= 0.3 is 0 Å². The van der Waals surface area contributed by atoms with Crippen molar-refractivity contribution >= 4 is 11.3 Å². The predicted molar refractivity (Wildman–Crippen MR) is 88.4 cm³/mol. The Bertz CT molecular complexity index is 933. The maximum Gasteiger partial charge on any atom is 0.286 e. The van der Waals surface area contributed by atoms with Gasteiger partial charge in [0, 0.05) is 12.1 Å². The molecular formula is C19H21N3O. The smallest absolute Gasteiger partial charge is 0.286 e. The van der Waals surface area contributed by atoms with Crippen LogP contribution in [0.4, 0.5) is 5.69 Å². The van der Waals surface area contributed by atoms with Gasteiger partial charge in [-0.05, 0) is 23.1 Å². The first-order chi connectivity index (χ1) is 10.9. The molecule has 0 amide bonds. The van der Waals surface area contributed by atoms with Crippen molar-refractivity contribution in [2.75, 3.05) is 0 Å². The third-order valence-electron chi connectivity index (χ3n) is 3.96. The SMILES string of the molecule is Cn1c(=Nc2ccccc2C(C)(C)C)cc([O-])[n+]2ccccc12. The van der Waals surface area contributed by atoms with Gasteiger partial charge in [0.2, 0.25) is 5.49 Å². The Morgan fingerprint density at radius 2 is 1.74 bits per heavy atom. The summed E-state index contributed by atoms with van der Waals surface area (Å²) in [5, 5.41) is 12.3. The van der Waals surface area contributed by atoms with Crippen LogP contribution in [-0.4, -0.2) is 4.57 Å². The van der Waals surface area contributed by atoms with Crippen molar-refractivity contribution in [1.82, 2.24) is 4.57 Å². The normalized spacial score (nSPS) is 12.8. The minimum atomic E-state index is -0.0781. The average Bonchev–Trinajstić information content (AvgIpc) is 2.52. The number of aromatic nitrogens is 2. The van der Waals surface area contributed by atoms with Crippen molar-refractivity contribution in [2.24, 2.45) is 12.0 Å². The first-order valence-electron chi connectivity index (χ1n) is 7.69. The van der Waals surface area contributed by atoms with E-state index < -0.39 is 0 Å². The highest BCUT2D eigenvalue weighted by Crippen LogP contribution is 2.30. The van der Waals surface area contributed by atoms with Crippen LogP contribution in [0.15, 0.2) is 59.7 Å².